The van der Waals surface area contributed by atoms with E-state index in [1.807, 2.05) is 4.90 Å². The minimum atomic E-state index is -4.38. The molecular formula is C7H10ClF3N4S. The number of aromatic nitrogens is 2. The summed E-state index contributed by atoms with van der Waals surface area (Å²) in [6.07, 6.45) is -4.38. The summed E-state index contributed by atoms with van der Waals surface area (Å²) < 4.78 is 36.7. The van der Waals surface area contributed by atoms with E-state index in [0.717, 1.165) is 13.1 Å². The molecule has 1 aliphatic heterocycles. The molecule has 92 valence electrons. The first-order valence-electron chi connectivity index (χ1n) is 4.44. The normalized spacial score (nSPS) is 17.1. The highest BCUT2D eigenvalue weighted by atomic mass is 35.5. The number of rotatable bonds is 1. The Hall–Kier alpha value is -0.600. The molecule has 2 heterocycles. The molecule has 2 rings (SSSR count). The maximum atomic E-state index is 12.2. The van der Waals surface area contributed by atoms with Gasteiger partial charge in [-0.2, -0.15) is 13.2 Å². The smallest absolute Gasteiger partial charge is 0.344 e. The van der Waals surface area contributed by atoms with Crippen LogP contribution in [0, 0.1) is 0 Å². The lowest BCUT2D eigenvalue weighted by Crippen LogP contribution is -2.43. The van der Waals surface area contributed by atoms with E-state index in [1.165, 1.54) is 0 Å². The van der Waals surface area contributed by atoms with E-state index in [4.69, 9.17) is 0 Å². The zero-order valence-corrected chi connectivity index (χ0v) is 9.75. The zero-order chi connectivity index (χ0) is 10.9. The monoisotopic (exact) mass is 274 g/mol. The molecule has 0 aliphatic carbocycles. The van der Waals surface area contributed by atoms with Crippen molar-refractivity contribution in [3.63, 3.8) is 0 Å². The molecule has 0 amide bonds. The van der Waals surface area contributed by atoms with E-state index < -0.39 is 11.2 Å². The molecule has 1 aliphatic rings. The molecule has 1 saturated heterocycles. The van der Waals surface area contributed by atoms with Crippen molar-refractivity contribution >= 4 is 28.9 Å². The molecule has 0 radical (unpaired) electrons. The van der Waals surface area contributed by atoms with Gasteiger partial charge in [-0.15, -0.1) is 22.6 Å². The Kier molecular flexibility index (Phi) is 4.34. The van der Waals surface area contributed by atoms with Crippen LogP contribution in [0.25, 0.3) is 0 Å². The molecule has 0 unspecified atom stereocenters. The van der Waals surface area contributed by atoms with Gasteiger partial charge < -0.3 is 10.2 Å². The second-order valence-corrected chi connectivity index (χ2v) is 4.08. The average Bonchev–Trinajstić information content (AvgIpc) is 2.67. The summed E-state index contributed by atoms with van der Waals surface area (Å²) in [5, 5.41) is 9.28. The Balaban J connectivity index is 0.00000128. The van der Waals surface area contributed by atoms with E-state index in [-0.39, 0.29) is 12.4 Å². The van der Waals surface area contributed by atoms with Gasteiger partial charge in [0.1, 0.15) is 0 Å². The van der Waals surface area contributed by atoms with E-state index in [2.05, 4.69) is 15.5 Å². The number of nitrogens with zero attached hydrogens (tertiary/aromatic N) is 3. The fourth-order valence-electron chi connectivity index (χ4n) is 1.31. The quantitative estimate of drug-likeness (QED) is 0.840. The molecule has 1 aromatic rings. The minimum absolute atomic E-state index is 0. The fourth-order valence-corrected chi connectivity index (χ4v) is 2.08. The predicted molar refractivity (Wildman–Crippen MR) is 57.2 cm³/mol. The molecule has 0 spiro atoms. The van der Waals surface area contributed by atoms with Crippen molar-refractivity contribution in [1.29, 1.82) is 0 Å². The van der Waals surface area contributed by atoms with Gasteiger partial charge in [-0.3, -0.25) is 0 Å². The third-order valence-electron chi connectivity index (χ3n) is 2.04. The van der Waals surface area contributed by atoms with Crippen LogP contribution < -0.4 is 10.2 Å². The highest BCUT2D eigenvalue weighted by molar-refractivity contribution is 7.15. The first-order valence-corrected chi connectivity index (χ1v) is 5.25. The molecule has 16 heavy (non-hydrogen) atoms. The van der Waals surface area contributed by atoms with E-state index in [9.17, 15) is 13.2 Å². The van der Waals surface area contributed by atoms with Crippen LogP contribution in [0.1, 0.15) is 5.01 Å². The van der Waals surface area contributed by atoms with Crippen LogP contribution in [0.15, 0.2) is 0 Å². The van der Waals surface area contributed by atoms with Gasteiger partial charge in [-0.1, -0.05) is 11.3 Å². The Bertz CT molecular complexity index is 337. The van der Waals surface area contributed by atoms with Gasteiger partial charge in [-0.25, -0.2) is 0 Å². The molecule has 0 atom stereocenters. The second kappa shape index (κ2) is 5.15. The number of alkyl halides is 3. The van der Waals surface area contributed by atoms with Crippen molar-refractivity contribution in [2.24, 2.45) is 0 Å². The summed E-state index contributed by atoms with van der Waals surface area (Å²) in [5.74, 6) is 0. The van der Waals surface area contributed by atoms with Crippen LogP contribution in [0.4, 0.5) is 18.3 Å². The maximum Gasteiger partial charge on any atom is 0.445 e. The van der Waals surface area contributed by atoms with Crippen LogP contribution >= 0.6 is 23.7 Å². The van der Waals surface area contributed by atoms with Gasteiger partial charge in [0.05, 0.1) is 0 Å². The van der Waals surface area contributed by atoms with Crippen molar-refractivity contribution in [2.75, 3.05) is 31.1 Å². The van der Waals surface area contributed by atoms with Crippen LogP contribution in [0.5, 0.6) is 0 Å². The lowest BCUT2D eigenvalue weighted by molar-refractivity contribution is -0.138. The van der Waals surface area contributed by atoms with E-state index in [1.54, 1.807) is 0 Å². The number of piperazine rings is 1. The van der Waals surface area contributed by atoms with Crippen molar-refractivity contribution in [3.05, 3.63) is 5.01 Å². The first-order chi connectivity index (χ1) is 7.07. The molecule has 1 N–H and O–H groups in total. The Morgan fingerprint density at radius 1 is 1.19 bits per heavy atom. The van der Waals surface area contributed by atoms with Gasteiger partial charge in [-0.05, 0) is 0 Å². The SMILES string of the molecule is Cl.FC(F)(F)c1nnc(N2CCNCC2)s1. The molecule has 0 bridgehead atoms. The lowest BCUT2D eigenvalue weighted by atomic mass is 10.4. The number of halogens is 4. The number of anilines is 1. The van der Waals surface area contributed by atoms with Gasteiger partial charge in [0.2, 0.25) is 10.1 Å². The van der Waals surface area contributed by atoms with Crippen molar-refractivity contribution < 1.29 is 13.2 Å². The van der Waals surface area contributed by atoms with Gasteiger partial charge in [0.25, 0.3) is 0 Å². The molecule has 1 aromatic heterocycles. The van der Waals surface area contributed by atoms with E-state index >= 15 is 0 Å². The van der Waals surface area contributed by atoms with E-state index in [0.29, 0.717) is 29.6 Å². The summed E-state index contributed by atoms with van der Waals surface area (Å²) in [6, 6.07) is 0. The Morgan fingerprint density at radius 3 is 2.31 bits per heavy atom. The highest BCUT2D eigenvalue weighted by Crippen LogP contribution is 2.34. The number of nitrogens with one attached hydrogen (secondary N) is 1. The Labute approximate surface area is 100 Å². The summed E-state index contributed by atoms with van der Waals surface area (Å²) >= 11 is 0.597. The number of hydrogen-bond acceptors (Lipinski definition) is 5. The zero-order valence-electron chi connectivity index (χ0n) is 8.12. The van der Waals surface area contributed by atoms with Gasteiger partial charge in [0, 0.05) is 26.2 Å². The summed E-state index contributed by atoms with van der Waals surface area (Å²) in [6.45, 7) is 2.88. The van der Waals surface area contributed by atoms with Gasteiger partial charge in [0.15, 0.2) is 0 Å². The Morgan fingerprint density at radius 2 is 1.81 bits per heavy atom. The first kappa shape index (κ1) is 13.5. The average molecular weight is 275 g/mol. The van der Waals surface area contributed by atoms with Crippen LogP contribution in [0.3, 0.4) is 0 Å². The largest absolute Gasteiger partial charge is 0.445 e. The second-order valence-electron chi connectivity index (χ2n) is 3.12. The summed E-state index contributed by atoms with van der Waals surface area (Å²) in [7, 11) is 0. The minimum Gasteiger partial charge on any atom is -0.344 e. The van der Waals surface area contributed by atoms with Crippen molar-refractivity contribution in [1.82, 2.24) is 15.5 Å². The third kappa shape index (κ3) is 2.96. The highest BCUT2D eigenvalue weighted by Gasteiger charge is 2.36. The van der Waals surface area contributed by atoms with Crippen molar-refractivity contribution in [3.8, 4) is 0 Å². The van der Waals surface area contributed by atoms with Crippen LogP contribution in [-0.4, -0.2) is 36.4 Å². The third-order valence-corrected chi connectivity index (χ3v) is 3.07. The van der Waals surface area contributed by atoms with Crippen molar-refractivity contribution in [2.45, 2.75) is 6.18 Å². The molecule has 0 saturated carbocycles. The lowest BCUT2D eigenvalue weighted by Gasteiger charge is -2.26. The van der Waals surface area contributed by atoms with Crippen LogP contribution in [0.2, 0.25) is 0 Å². The molecule has 9 heteroatoms. The predicted octanol–water partition coefficient (Wildman–Crippen LogP) is 1.39. The molecule has 0 aromatic carbocycles. The molecular weight excluding hydrogens is 265 g/mol. The summed E-state index contributed by atoms with van der Waals surface area (Å²) in [5.41, 5.74) is 0. The molecule has 1 fully saturated rings. The topological polar surface area (TPSA) is 41.1 Å². The molecule has 4 nitrogen and oxygen atoms in total. The standard InChI is InChI=1S/C7H9F3N4S.ClH/c8-7(9,10)5-12-13-6(15-5)14-3-1-11-2-4-14;/h11H,1-4H2;1H. The maximum absolute atomic E-state index is 12.2. The van der Waals surface area contributed by atoms with Gasteiger partial charge >= 0.3 is 6.18 Å². The van der Waals surface area contributed by atoms with Crippen LogP contribution in [-0.2, 0) is 6.18 Å². The fraction of sp³-hybridized carbons (Fsp3) is 0.714. The summed E-state index contributed by atoms with van der Waals surface area (Å²) in [4.78, 5) is 1.81. The number of hydrogen-bond donors (Lipinski definition) is 1.